The summed E-state index contributed by atoms with van der Waals surface area (Å²) < 4.78 is 28.5. The Bertz CT molecular complexity index is 1400. The predicted molar refractivity (Wildman–Crippen MR) is 147 cm³/mol. The van der Waals surface area contributed by atoms with E-state index in [1.54, 1.807) is 22.9 Å². The number of amides is 1. The highest BCUT2D eigenvalue weighted by molar-refractivity contribution is 7.90. The number of carbonyl (C=O) groups is 1. The smallest absolute Gasteiger partial charge is 0.305 e. The summed E-state index contributed by atoms with van der Waals surface area (Å²) in [6.45, 7) is 2.29. The van der Waals surface area contributed by atoms with Crippen LogP contribution in [0.15, 0.2) is 30.5 Å². The van der Waals surface area contributed by atoms with Crippen LogP contribution in [0.25, 0.3) is 11.2 Å². The second kappa shape index (κ2) is 10.9. The first kappa shape index (κ1) is 26.4. The van der Waals surface area contributed by atoms with Crippen molar-refractivity contribution in [3.05, 3.63) is 36.0 Å². The molecule has 11 nitrogen and oxygen atoms in total. The van der Waals surface area contributed by atoms with Gasteiger partial charge >= 0.3 is 10.2 Å². The van der Waals surface area contributed by atoms with Gasteiger partial charge in [0.2, 0.25) is 17.8 Å². The fraction of sp³-hybridized carbons (Fsp3) is 0.538. The first-order chi connectivity index (χ1) is 18.3. The van der Waals surface area contributed by atoms with E-state index in [0.717, 1.165) is 42.8 Å². The van der Waals surface area contributed by atoms with E-state index in [1.165, 1.54) is 24.8 Å². The maximum absolute atomic E-state index is 12.9. The predicted octanol–water partition coefficient (Wildman–Crippen LogP) is 3.69. The Morgan fingerprint density at radius 2 is 1.74 bits per heavy atom. The van der Waals surface area contributed by atoms with Gasteiger partial charge in [-0.3, -0.25) is 9.36 Å². The van der Waals surface area contributed by atoms with E-state index in [-0.39, 0.29) is 23.8 Å². The molecule has 1 amide bonds. The highest BCUT2D eigenvalue weighted by Crippen LogP contribution is 2.35. The molecular formula is C26H36N8O3S. The van der Waals surface area contributed by atoms with E-state index in [9.17, 15) is 13.2 Å². The first-order valence-electron chi connectivity index (χ1n) is 13.5. The number of nitrogens with two attached hydrogens (primary N) is 2. The number of anilines is 3. The van der Waals surface area contributed by atoms with Gasteiger partial charge in [-0.1, -0.05) is 44.2 Å². The van der Waals surface area contributed by atoms with Crippen LogP contribution in [0.5, 0.6) is 0 Å². The van der Waals surface area contributed by atoms with Crippen LogP contribution < -0.4 is 20.5 Å². The number of aromatic nitrogens is 4. The molecule has 0 saturated heterocycles. The Balaban J connectivity index is 1.49. The van der Waals surface area contributed by atoms with Crippen molar-refractivity contribution >= 4 is 44.9 Å². The van der Waals surface area contributed by atoms with Gasteiger partial charge in [0.25, 0.3) is 0 Å². The molecule has 0 radical (unpaired) electrons. The Morgan fingerprint density at radius 1 is 1.05 bits per heavy atom. The second-order valence-corrected chi connectivity index (χ2v) is 11.7. The standard InChI is InChI=1S/C26H36N8O3S/c1-2-33-24-22(16-29-25(32-24)30-21-11-7-6-10-20(21)23(27)35)31-26(33)34(38(28,36)37)19-14-12-18(13-15-19)17-8-4-3-5-9-17/h12-17,20-21H,2-11H2,1H3,(H2,27,35)(H2,28,36,37)(H,29,30,32). The third-order valence-corrected chi connectivity index (χ3v) is 8.75. The monoisotopic (exact) mass is 540 g/mol. The maximum atomic E-state index is 12.9. The lowest BCUT2D eigenvalue weighted by Crippen LogP contribution is -2.40. The van der Waals surface area contributed by atoms with Crippen LogP contribution in [0.3, 0.4) is 0 Å². The van der Waals surface area contributed by atoms with Crippen molar-refractivity contribution in [2.45, 2.75) is 83.2 Å². The van der Waals surface area contributed by atoms with Gasteiger partial charge in [-0.15, -0.1) is 0 Å². The molecule has 5 N–H and O–H groups in total. The number of hydrogen-bond acceptors (Lipinski definition) is 7. The lowest BCUT2D eigenvalue weighted by Gasteiger charge is -2.29. The summed E-state index contributed by atoms with van der Waals surface area (Å²) in [5.41, 5.74) is 8.16. The van der Waals surface area contributed by atoms with Crippen molar-refractivity contribution in [2.75, 3.05) is 9.62 Å². The normalized spacial score (nSPS) is 20.9. The molecule has 2 aliphatic carbocycles. The SMILES string of the molecule is CCn1c(N(c2ccc(C3CCCCC3)cc2)S(N)(=O)=O)nc2cnc(NC3CCCCC3C(N)=O)nc21. The molecule has 0 spiro atoms. The molecule has 2 saturated carbocycles. The van der Waals surface area contributed by atoms with Crippen LogP contribution in [0.4, 0.5) is 17.6 Å². The zero-order valence-electron chi connectivity index (χ0n) is 21.7. The van der Waals surface area contributed by atoms with Crippen molar-refractivity contribution in [3.63, 3.8) is 0 Å². The van der Waals surface area contributed by atoms with Crippen LogP contribution in [-0.2, 0) is 21.5 Å². The summed E-state index contributed by atoms with van der Waals surface area (Å²) in [5.74, 6) is 0.373. The molecule has 38 heavy (non-hydrogen) atoms. The molecule has 2 unspecified atom stereocenters. The molecule has 0 bridgehead atoms. The third kappa shape index (κ3) is 5.32. The number of carbonyl (C=O) groups excluding carboxylic acids is 1. The summed E-state index contributed by atoms with van der Waals surface area (Å²) in [7, 11) is -4.20. The van der Waals surface area contributed by atoms with Gasteiger partial charge in [-0.05, 0) is 56.2 Å². The molecule has 1 aromatic carbocycles. The molecule has 2 aliphatic rings. The summed E-state index contributed by atoms with van der Waals surface area (Å²) in [5, 5.41) is 8.99. The molecule has 0 aliphatic heterocycles. The van der Waals surface area contributed by atoms with Crippen molar-refractivity contribution in [3.8, 4) is 0 Å². The molecule has 2 heterocycles. The number of imidazole rings is 1. The minimum absolute atomic E-state index is 0.148. The highest BCUT2D eigenvalue weighted by Gasteiger charge is 2.31. The van der Waals surface area contributed by atoms with Gasteiger partial charge in [-0.25, -0.2) is 15.1 Å². The van der Waals surface area contributed by atoms with E-state index in [4.69, 9.17) is 10.9 Å². The second-order valence-electron chi connectivity index (χ2n) is 10.3. The number of benzene rings is 1. The van der Waals surface area contributed by atoms with Gasteiger partial charge in [0, 0.05) is 12.6 Å². The van der Waals surface area contributed by atoms with Gasteiger partial charge in [0.15, 0.2) is 5.65 Å². The summed E-state index contributed by atoms with van der Waals surface area (Å²) >= 11 is 0. The number of primary amides is 1. The molecule has 3 aromatic rings. The minimum Gasteiger partial charge on any atom is -0.369 e. The van der Waals surface area contributed by atoms with E-state index >= 15 is 0 Å². The Morgan fingerprint density at radius 3 is 2.39 bits per heavy atom. The van der Waals surface area contributed by atoms with Crippen LogP contribution >= 0.6 is 0 Å². The van der Waals surface area contributed by atoms with Crippen LogP contribution in [-0.4, -0.2) is 39.9 Å². The van der Waals surface area contributed by atoms with Crippen molar-refractivity contribution in [1.29, 1.82) is 0 Å². The number of aryl methyl sites for hydroxylation is 1. The Kier molecular flexibility index (Phi) is 7.53. The average Bonchev–Trinajstić information content (AvgIpc) is 3.26. The van der Waals surface area contributed by atoms with Crippen LogP contribution in [0.1, 0.15) is 76.2 Å². The third-order valence-electron chi connectivity index (χ3n) is 7.87. The Hall–Kier alpha value is -3.25. The van der Waals surface area contributed by atoms with Crippen molar-refractivity contribution < 1.29 is 13.2 Å². The first-order valence-corrected chi connectivity index (χ1v) is 15.0. The van der Waals surface area contributed by atoms with Gasteiger partial charge < -0.3 is 11.1 Å². The lowest BCUT2D eigenvalue weighted by atomic mass is 9.84. The number of nitrogens with zero attached hydrogens (tertiary/aromatic N) is 5. The number of hydrogen-bond donors (Lipinski definition) is 3. The molecular weight excluding hydrogens is 504 g/mol. The van der Waals surface area contributed by atoms with E-state index in [1.807, 2.05) is 19.1 Å². The van der Waals surface area contributed by atoms with E-state index in [2.05, 4.69) is 20.3 Å². The summed E-state index contributed by atoms with van der Waals surface area (Å²) in [4.78, 5) is 25.6. The number of rotatable bonds is 8. The molecule has 2 atom stereocenters. The van der Waals surface area contributed by atoms with Gasteiger partial charge in [0.1, 0.15) is 5.52 Å². The molecule has 5 rings (SSSR count). The fourth-order valence-electron chi connectivity index (χ4n) is 5.93. The topological polar surface area (TPSA) is 162 Å². The Labute approximate surface area is 223 Å². The largest absolute Gasteiger partial charge is 0.369 e. The van der Waals surface area contributed by atoms with Crippen molar-refractivity contribution in [1.82, 2.24) is 19.5 Å². The summed E-state index contributed by atoms with van der Waals surface area (Å²) in [6, 6.07) is 7.41. The quantitative estimate of drug-likeness (QED) is 0.392. The number of fused-ring (bicyclic) bond motifs is 1. The van der Waals surface area contributed by atoms with E-state index < -0.39 is 10.2 Å². The maximum Gasteiger partial charge on any atom is 0.305 e. The van der Waals surface area contributed by atoms with Gasteiger partial charge in [0.05, 0.1) is 17.8 Å². The molecule has 2 fully saturated rings. The zero-order chi connectivity index (χ0) is 26.9. The molecule has 204 valence electrons. The van der Waals surface area contributed by atoms with Crippen LogP contribution in [0.2, 0.25) is 0 Å². The van der Waals surface area contributed by atoms with Gasteiger partial charge in [-0.2, -0.15) is 17.7 Å². The average molecular weight is 541 g/mol. The molecule has 12 heteroatoms. The highest BCUT2D eigenvalue weighted by atomic mass is 32.2. The lowest BCUT2D eigenvalue weighted by molar-refractivity contribution is -0.122. The fourth-order valence-corrected chi connectivity index (χ4v) is 6.71. The summed E-state index contributed by atoms with van der Waals surface area (Å²) in [6.07, 6.45) is 11.0. The minimum atomic E-state index is -4.20. The zero-order valence-corrected chi connectivity index (χ0v) is 22.5. The molecule has 2 aromatic heterocycles. The van der Waals surface area contributed by atoms with E-state index in [0.29, 0.717) is 35.3 Å². The van der Waals surface area contributed by atoms with Crippen molar-refractivity contribution in [2.24, 2.45) is 16.8 Å². The van der Waals surface area contributed by atoms with Crippen LogP contribution in [0, 0.1) is 5.92 Å². The number of nitrogens with one attached hydrogen (secondary N) is 1.